The fourth-order valence-corrected chi connectivity index (χ4v) is 1.73. The number of halogens is 1. The van der Waals surface area contributed by atoms with Crippen molar-refractivity contribution >= 4 is 17.6 Å². The summed E-state index contributed by atoms with van der Waals surface area (Å²) in [5.74, 6) is -1.05. The van der Waals surface area contributed by atoms with Gasteiger partial charge in [-0.05, 0) is 24.3 Å². The molecule has 2 N–H and O–H groups in total. The number of aromatic hydroxyl groups is 1. The number of hydrogen-bond acceptors (Lipinski definition) is 3. The lowest BCUT2D eigenvalue weighted by atomic mass is 10.0. The zero-order chi connectivity index (χ0) is 12.4. The van der Waals surface area contributed by atoms with Crippen molar-refractivity contribution in [3.63, 3.8) is 0 Å². The minimum atomic E-state index is -1.07. The lowest BCUT2D eigenvalue weighted by Crippen LogP contribution is -2.00. The average molecular weight is 250 g/mol. The van der Waals surface area contributed by atoms with Crippen LogP contribution in [0.4, 0.5) is 0 Å². The first-order valence-corrected chi connectivity index (χ1v) is 5.13. The van der Waals surface area contributed by atoms with Crippen LogP contribution in [0.2, 0.25) is 5.02 Å². The Morgan fingerprint density at radius 2 is 2.00 bits per heavy atom. The van der Waals surface area contributed by atoms with Crippen molar-refractivity contribution in [1.29, 1.82) is 0 Å². The second-order valence-electron chi connectivity index (χ2n) is 3.39. The highest BCUT2D eigenvalue weighted by atomic mass is 35.5. The molecule has 86 valence electrons. The van der Waals surface area contributed by atoms with Gasteiger partial charge in [0, 0.05) is 28.5 Å². The van der Waals surface area contributed by atoms with Gasteiger partial charge >= 0.3 is 5.97 Å². The molecule has 1 aromatic carbocycles. The van der Waals surface area contributed by atoms with Crippen molar-refractivity contribution in [3.05, 3.63) is 47.2 Å². The van der Waals surface area contributed by atoms with Crippen molar-refractivity contribution in [1.82, 2.24) is 4.98 Å². The zero-order valence-corrected chi connectivity index (χ0v) is 9.35. The molecule has 0 aliphatic carbocycles. The van der Waals surface area contributed by atoms with Crippen LogP contribution >= 0.6 is 11.6 Å². The summed E-state index contributed by atoms with van der Waals surface area (Å²) >= 11 is 5.98. The summed E-state index contributed by atoms with van der Waals surface area (Å²) in [7, 11) is 0. The van der Waals surface area contributed by atoms with Gasteiger partial charge in [0.1, 0.15) is 5.75 Å². The van der Waals surface area contributed by atoms with E-state index in [1.165, 1.54) is 36.7 Å². The van der Waals surface area contributed by atoms with Crippen LogP contribution in [0, 0.1) is 0 Å². The molecule has 0 saturated heterocycles. The second-order valence-corrected chi connectivity index (χ2v) is 3.80. The number of aromatic nitrogens is 1. The molecule has 0 aliphatic heterocycles. The summed E-state index contributed by atoms with van der Waals surface area (Å²) in [6, 6.07) is 5.73. The van der Waals surface area contributed by atoms with Crippen molar-refractivity contribution < 1.29 is 15.0 Å². The first-order valence-electron chi connectivity index (χ1n) is 4.76. The van der Waals surface area contributed by atoms with Gasteiger partial charge in [0.25, 0.3) is 0 Å². The maximum atomic E-state index is 11.1. The van der Waals surface area contributed by atoms with Crippen LogP contribution in [0.3, 0.4) is 0 Å². The lowest BCUT2D eigenvalue weighted by Gasteiger charge is -2.07. The number of pyridine rings is 1. The number of hydrogen-bond donors (Lipinski definition) is 2. The topological polar surface area (TPSA) is 70.4 Å². The molecule has 0 saturated carbocycles. The summed E-state index contributed by atoms with van der Waals surface area (Å²) in [6.07, 6.45) is 2.80. The molecule has 2 rings (SSSR count). The molecule has 1 aromatic heterocycles. The Bertz CT molecular complexity index is 584. The molecule has 0 amide bonds. The quantitative estimate of drug-likeness (QED) is 0.859. The maximum Gasteiger partial charge on any atom is 0.336 e. The molecule has 1 heterocycles. The van der Waals surface area contributed by atoms with Crippen LogP contribution < -0.4 is 0 Å². The normalized spacial score (nSPS) is 10.2. The number of nitrogens with zero attached hydrogens (tertiary/aromatic N) is 1. The number of rotatable bonds is 2. The monoisotopic (exact) mass is 249 g/mol. The van der Waals surface area contributed by atoms with Crippen LogP contribution in [0.15, 0.2) is 36.7 Å². The molecule has 0 bridgehead atoms. The van der Waals surface area contributed by atoms with Gasteiger partial charge in [0.15, 0.2) is 0 Å². The largest absolute Gasteiger partial charge is 0.508 e. The molecule has 0 fully saturated rings. The zero-order valence-electron chi connectivity index (χ0n) is 8.59. The summed E-state index contributed by atoms with van der Waals surface area (Å²) in [5, 5.41) is 18.8. The number of carboxylic acids is 1. The van der Waals surface area contributed by atoms with Gasteiger partial charge in [-0.1, -0.05) is 11.6 Å². The van der Waals surface area contributed by atoms with E-state index in [2.05, 4.69) is 4.98 Å². The number of carboxylic acid groups (broad SMARTS) is 1. The Morgan fingerprint density at radius 3 is 2.71 bits per heavy atom. The molecule has 0 atom stereocenters. The fourth-order valence-electron chi connectivity index (χ4n) is 1.52. The third-order valence-corrected chi connectivity index (χ3v) is 2.62. The number of aromatic carboxylic acids is 1. The van der Waals surface area contributed by atoms with Crippen LogP contribution in [0.1, 0.15) is 10.4 Å². The van der Waals surface area contributed by atoms with Crippen molar-refractivity contribution in [2.24, 2.45) is 0 Å². The van der Waals surface area contributed by atoms with Crippen LogP contribution in [0.25, 0.3) is 11.1 Å². The van der Waals surface area contributed by atoms with Gasteiger partial charge in [-0.2, -0.15) is 0 Å². The summed E-state index contributed by atoms with van der Waals surface area (Å²) in [5.41, 5.74) is 0.908. The highest BCUT2D eigenvalue weighted by molar-refractivity contribution is 6.33. The number of phenolic OH excluding ortho intramolecular Hbond substituents is 1. The summed E-state index contributed by atoms with van der Waals surface area (Å²) < 4.78 is 0. The van der Waals surface area contributed by atoms with Crippen molar-refractivity contribution in [2.45, 2.75) is 0 Å². The molecule has 2 aromatic rings. The van der Waals surface area contributed by atoms with E-state index in [-0.39, 0.29) is 11.3 Å². The molecule has 0 radical (unpaired) electrons. The van der Waals surface area contributed by atoms with E-state index >= 15 is 0 Å². The first kappa shape index (κ1) is 11.4. The minimum Gasteiger partial charge on any atom is -0.508 e. The summed E-state index contributed by atoms with van der Waals surface area (Å²) in [6.45, 7) is 0. The van der Waals surface area contributed by atoms with Crippen molar-refractivity contribution in [3.8, 4) is 16.9 Å². The van der Waals surface area contributed by atoms with E-state index in [0.717, 1.165) is 0 Å². The van der Waals surface area contributed by atoms with Gasteiger partial charge in [0.05, 0.1) is 5.56 Å². The van der Waals surface area contributed by atoms with Gasteiger partial charge in [-0.25, -0.2) is 4.79 Å². The maximum absolute atomic E-state index is 11.1. The minimum absolute atomic E-state index is 0.0181. The van der Waals surface area contributed by atoms with Gasteiger partial charge in [0.2, 0.25) is 0 Å². The SMILES string of the molecule is O=C(O)c1ccncc1-c1cc(O)ccc1Cl. The summed E-state index contributed by atoms with van der Waals surface area (Å²) in [4.78, 5) is 14.9. The standard InChI is InChI=1S/C12H8ClNO3/c13-11-2-1-7(15)5-9(11)10-6-14-4-3-8(10)12(16)17/h1-6,15H,(H,16,17). The molecule has 0 aliphatic rings. The Labute approximate surface area is 102 Å². The first-order chi connectivity index (χ1) is 8.09. The smallest absolute Gasteiger partial charge is 0.336 e. The van der Waals surface area contributed by atoms with Gasteiger partial charge < -0.3 is 10.2 Å². The predicted octanol–water partition coefficient (Wildman–Crippen LogP) is 2.81. The molecule has 17 heavy (non-hydrogen) atoms. The van der Waals surface area contributed by atoms with E-state index in [1.54, 1.807) is 0 Å². The lowest BCUT2D eigenvalue weighted by molar-refractivity contribution is 0.0697. The Kier molecular flexibility index (Phi) is 2.97. The number of benzene rings is 1. The fraction of sp³-hybridized carbons (Fsp3) is 0. The third kappa shape index (κ3) is 2.21. The van der Waals surface area contributed by atoms with Crippen LogP contribution in [-0.4, -0.2) is 21.2 Å². The molecular formula is C12H8ClNO3. The Hall–Kier alpha value is -2.07. The number of carbonyl (C=O) groups is 1. The van der Waals surface area contributed by atoms with Gasteiger partial charge in [-0.3, -0.25) is 4.98 Å². The second kappa shape index (κ2) is 4.43. The van der Waals surface area contributed by atoms with E-state index in [4.69, 9.17) is 16.7 Å². The third-order valence-electron chi connectivity index (χ3n) is 2.29. The van der Waals surface area contributed by atoms with Gasteiger partial charge in [-0.15, -0.1) is 0 Å². The number of phenols is 1. The molecule has 5 heteroatoms. The average Bonchev–Trinajstić information content (AvgIpc) is 2.32. The molecule has 4 nitrogen and oxygen atoms in total. The highest BCUT2D eigenvalue weighted by Crippen LogP contribution is 2.32. The van der Waals surface area contributed by atoms with E-state index in [9.17, 15) is 9.90 Å². The molecular weight excluding hydrogens is 242 g/mol. The van der Waals surface area contributed by atoms with E-state index in [0.29, 0.717) is 16.1 Å². The Morgan fingerprint density at radius 1 is 1.24 bits per heavy atom. The predicted molar refractivity (Wildman–Crippen MR) is 63.3 cm³/mol. The molecule has 0 unspecified atom stereocenters. The van der Waals surface area contributed by atoms with Crippen LogP contribution in [0.5, 0.6) is 5.75 Å². The molecule has 0 spiro atoms. The van der Waals surface area contributed by atoms with Crippen molar-refractivity contribution in [2.75, 3.05) is 0 Å². The van der Waals surface area contributed by atoms with E-state index in [1.807, 2.05) is 0 Å². The van der Waals surface area contributed by atoms with Crippen LogP contribution in [-0.2, 0) is 0 Å². The highest BCUT2D eigenvalue weighted by Gasteiger charge is 2.14. The Balaban J connectivity index is 2.68. The van der Waals surface area contributed by atoms with E-state index < -0.39 is 5.97 Å².